The highest BCUT2D eigenvalue weighted by atomic mass is 16.2. The third kappa shape index (κ3) is 8.37. The summed E-state index contributed by atoms with van der Waals surface area (Å²) in [6.45, 7) is 10.3. The number of hydrogen-bond donors (Lipinski definition) is 2. The smallest absolute Gasteiger partial charge is 0.253 e. The first kappa shape index (κ1) is 22.0. The molecule has 5 heteroatoms. The predicted molar refractivity (Wildman–Crippen MR) is 111 cm³/mol. The van der Waals surface area contributed by atoms with Crippen molar-refractivity contribution in [2.45, 2.75) is 53.0 Å². The summed E-state index contributed by atoms with van der Waals surface area (Å²) >= 11 is 0. The number of benzene rings is 1. The largest absolute Gasteiger partial charge is 0.357 e. The molecule has 1 atom stereocenters. The summed E-state index contributed by atoms with van der Waals surface area (Å²) in [5.74, 6) is 1.62. The van der Waals surface area contributed by atoms with E-state index in [-0.39, 0.29) is 5.91 Å². The number of amides is 1. The number of carbonyl (C=O) groups is 1. The topological polar surface area (TPSA) is 56.7 Å². The van der Waals surface area contributed by atoms with Gasteiger partial charge in [0.25, 0.3) is 5.91 Å². The maximum Gasteiger partial charge on any atom is 0.253 e. The number of nitrogens with one attached hydrogen (secondary N) is 2. The van der Waals surface area contributed by atoms with Gasteiger partial charge in [-0.1, -0.05) is 26.0 Å². The Balaban J connectivity index is 2.62. The van der Waals surface area contributed by atoms with E-state index in [9.17, 15) is 4.79 Å². The van der Waals surface area contributed by atoms with Crippen molar-refractivity contribution in [1.29, 1.82) is 0 Å². The molecule has 0 spiro atoms. The van der Waals surface area contributed by atoms with E-state index in [2.05, 4.69) is 43.3 Å². The predicted octanol–water partition coefficient (Wildman–Crippen LogP) is 3.31. The van der Waals surface area contributed by atoms with Crippen LogP contribution in [0.2, 0.25) is 0 Å². The maximum absolute atomic E-state index is 12.1. The minimum Gasteiger partial charge on any atom is -0.357 e. The molecular weight excluding hydrogens is 324 g/mol. The molecule has 26 heavy (non-hydrogen) atoms. The fraction of sp³-hybridized carbons (Fsp3) is 0.619. The lowest BCUT2D eigenvalue weighted by Gasteiger charge is -2.18. The molecule has 0 aliphatic carbocycles. The lowest BCUT2D eigenvalue weighted by molar-refractivity contribution is 0.0827. The number of carbonyl (C=O) groups excluding carboxylic acids is 1. The van der Waals surface area contributed by atoms with E-state index in [0.29, 0.717) is 12.6 Å². The van der Waals surface area contributed by atoms with Gasteiger partial charge in [0, 0.05) is 38.8 Å². The van der Waals surface area contributed by atoms with Gasteiger partial charge in [0.05, 0.1) is 0 Å². The molecule has 0 radical (unpaired) electrons. The van der Waals surface area contributed by atoms with Crippen molar-refractivity contribution in [3.05, 3.63) is 35.4 Å². The van der Waals surface area contributed by atoms with Crippen LogP contribution in [0.4, 0.5) is 0 Å². The molecule has 1 unspecified atom stereocenters. The Morgan fingerprint density at radius 3 is 2.54 bits per heavy atom. The van der Waals surface area contributed by atoms with Crippen LogP contribution in [-0.4, -0.2) is 50.0 Å². The van der Waals surface area contributed by atoms with Crippen LogP contribution in [0.25, 0.3) is 0 Å². The Labute approximate surface area is 159 Å². The molecule has 0 saturated heterocycles. The van der Waals surface area contributed by atoms with E-state index in [1.807, 2.05) is 24.3 Å². The zero-order valence-corrected chi connectivity index (χ0v) is 17.3. The number of aliphatic imine (C=N–C) groups is 1. The first-order valence-electron chi connectivity index (χ1n) is 9.68. The molecule has 1 amide bonds. The Morgan fingerprint density at radius 1 is 1.19 bits per heavy atom. The molecule has 0 fully saturated rings. The second-order valence-electron chi connectivity index (χ2n) is 7.43. The summed E-state index contributed by atoms with van der Waals surface area (Å²) in [5.41, 5.74) is 1.86. The molecule has 0 aliphatic rings. The van der Waals surface area contributed by atoms with E-state index in [4.69, 9.17) is 0 Å². The van der Waals surface area contributed by atoms with Gasteiger partial charge in [0.1, 0.15) is 0 Å². The van der Waals surface area contributed by atoms with Crippen molar-refractivity contribution in [3.63, 3.8) is 0 Å². The quantitative estimate of drug-likeness (QED) is 0.525. The van der Waals surface area contributed by atoms with Gasteiger partial charge in [-0.25, -0.2) is 0 Å². The van der Waals surface area contributed by atoms with Crippen LogP contribution in [0.1, 0.15) is 56.5 Å². The summed E-state index contributed by atoms with van der Waals surface area (Å²) < 4.78 is 0. The SMILES string of the molecule is CCNC(=NCCc1cccc(C(=O)N(C)C)c1)NC(C)CCC(C)C. The summed E-state index contributed by atoms with van der Waals surface area (Å²) in [6, 6.07) is 8.21. The maximum atomic E-state index is 12.1. The van der Waals surface area contributed by atoms with Crippen LogP contribution in [0.5, 0.6) is 0 Å². The Morgan fingerprint density at radius 2 is 1.92 bits per heavy atom. The van der Waals surface area contributed by atoms with E-state index in [1.54, 1.807) is 19.0 Å². The Hall–Kier alpha value is -2.04. The Kier molecular flexibility index (Phi) is 9.78. The van der Waals surface area contributed by atoms with Crippen LogP contribution in [0, 0.1) is 5.92 Å². The molecule has 0 bridgehead atoms. The van der Waals surface area contributed by atoms with Gasteiger partial charge in [-0.3, -0.25) is 9.79 Å². The standard InChI is InChI=1S/C21H36N4O/c1-7-22-21(24-17(4)12-11-16(2)3)23-14-13-18-9-8-10-19(15-18)20(26)25(5)6/h8-10,15-17H,7,11-14H2,1-6H3,(H2,22,23,24). The van der Waals surface area contributed by atoms with Gasteiger partial charge in [-0.15, -0.1) is 0 Å². The molecular formula is C21H36N4O. The van der Waals surface area contributed by atoms with Crippen molar-refractivity contribution in [2.75, 3.05) is 27.2 Å². The van der Waals surface area contributed by atoms with E-state index >= 15 is 0 Å². The summed E-state index contributed by atoms with van der Waals surface area (Å²) in [7, 11) is 3.54. The van der Waals surface area contributed by atoms with Crippen LogP contribution >= 0.6 is 0 Å². The minimum absolute atomic E-state index is 0.0318. The van der Waals surface area contributed by atoms with Gasteiger partial charge < -0.3 is 15.5 Å². The van der Waals surface area contributed by atoms with Gasteiger partial charge in [-0.2, -0.15) is 0 Å². The van der Waals surface area contributed by atoms with Crippen LogP contribution in [0.3, 0.4) is 0 Å². The highest BCUT2D eigenvalue weighted by molar-refractivity contribution is 5.94. The highest BCUT2D eigenvalue weighted by Gasteiger charge is 2.09. The number of hydrogen-bond acceptors (Lipinski definition) is 2. The fourth-order valence-electron chi connectivity index (χ4n) is 2.62. The first-order valence-corrected chi connectivity index (χ1v) is 9.68. The second-order valence-corrected chi connectivity index (χ2v) is 7.43. The lowest BCUT2D eigenvalue weighted by Crippen LogP contribution is -2.42. The van der Waals surface area contributed by atoms with Crippen molar-refractivity contribution >= 4 is 11.9 Å². The summed E-state index contributed by atoms with van der Waals surface area (Å²) in [4.78, 5) is 18.4. The van der Waals surface area contributed by atoms with Crippen molar-refractivity contribution in [2.24, 2.45) is 10.9 Å². The zero-order chi connectivity index (χ0) is 19.5. The highest BCUT2D eigenvalue weighted by Crippen LogP contribution is 2.09. The molecule has 146 valence electrons. The van der Waals surface area contributed by atoms with Crippen LogP contribution < -0.4 is 10.6 Å². The fourth-order valence-corrected chi connectivity index (χ4v) is 2.62. The number of nitrogens with zero attached hydrogens (tertiary/aromatic N) is 2. The second kappa shape index (κ2) is 11.6. The van der Waals surface area contributed by atoms with Crippen LogP contribution in [0.15, 0.2) is 29.3 Å². The lowest BCUT2D eigenvalue weighted by atomic mass is 10.0. The summed E-state index contributed by atoms with van der Waals surface area (Å²) in [6.07, 6.45) is 3.16. The molecule has 1 aromatic rings. The zero-order valence-electron chi connectivity index (χ0n) is 17.3. The average molecular weight is 361 g/mol. The van der Waals surface area contributed by atoms with Gasteiger partial charge in [0.15, 0.2) is 5.96 Å². The molecule has 0 aromatic heterocycles. The van der Waals surface area contributed by atoms with Gasteiger partial charge in [-0.05, 0) is 56.7 Å². The minimum atomic E-state index is 0.0318. The van der Waals surface area contributed by atoms with E-state index in [1.165, 1.54) is 6.42 Å². The monoisotopic (exact) mass is 360 g/mol. The Bertz CT molecular complexity index is 581. The molecule has 2 N–H and O–H groups in total. The molecule has 5 nitrogen and oxygen atoms in total. The number of guanidine groups is 1. The van der Waals surface area contributed by atoms with E-state index in [0.717, 1.165) is 42.4 Å². The van der Waals surface area contributed by atoms with Gasteiger partial charge >= 0.3 is 0 Å². The van der Waals surface area contributed by atoms with Gasteiger partial charge in [0.2, 0.25) is 0 Å². The van der Waals surface area contributed by atoms with Crippen LogP contribution in [-0.2, 0) is 6.42 Å². The molecule has 0 aliphatic heterocycles. The summed E-state index contributed by atoms with van der Waals surface area (Å²) in [5, 5.41) is 6.79. The third-order valence-corrected chi connectivity index (χ3v) is 4.15. The third-order valence-electron chi connectivity index (χ3n) is 4.15. The molecule has 0 heterocycles. The molecule has 0 saturated carbocycles. The van der Waals surface area contributed by atoms with E-state index < -0.39 is 0 Å². The first-order chi connectivity index (χ1) is 12.3. The molecule has 1 rings (SSSR count). The van der Waals surface area contributed by atoms with Crippen molar-refractivity contribution in [3.8, 4) is 0 Å². The van der Waals surface area contributed by atoms with Crippen molar-refractivity contribution < 1.29 is 4.79 Å². The normalized spacial score (nSPS) is 12.8. The molecule has 1 aromatic carbocycles. The van der Waals surface area contributed by atoms with Crippen molar-refractivity contribution in [1.82, 2.24) is 15.5 Å². The number of rotatable bonds is 9. The average Bonchev–Trinajstić information content (AvgIpc) is 2.59.